The molecule has 1 aromatic rings. The Bertz CT molecular complexity index is 532. The molecule has 7 heteroatoms. The minimum atomic E-state index is -2.99. The smallest absolute Gasteiger partial charge is 0.266 e. The van der Waals surface area contributed by atoms with Crippen LogP contribution in [0.1, 0.15) is 28.6 Å². The van der Waals surface area contributed by atoms with Gasteiger partial charge in [-0.2, -0.15) is 5.10 Å². The van der Waals surface area contributed by atoms with Gasteiger partial charge in [0, 0.05) is 0 Å². The number of carbonyl (C=O) groups is 1. The van der Waals surface area contributed by atoms with E-state index < -0.39 is 15.7 Å². The highest BCUT2D eigenvalue weighted by atomic mass is 32.2. The van der Waals surface area contributed by atoms with Gasteiger partial charge < -0.3 is 5.73 Å². The van der Waals surface area contributed by atoms with Crippen LogP contribution in [0.2, 0.25) is 0 Å². The Labute approximate surface area is 93.3 Å². The predicted molar refractivity (Wildman–Crippen MR) is 57.8 cm³/mol. The molecule has 16 heavy (non-hydrogen) atoms. The van der Waals surface area contributed by atoms with Gasteiger partial charge in [-0.05, 0) is 19.4 Å². The maximum atomic E-state index is 11.3. The SMILES string of the molecule is Cc1cc(C(N)=O)n(C2CCS(=O)(=O)C2)n1. The summed E-state index contributed by atoms with van der Waals surface area (Å²) in [7, 11) is -2.99. The Balaban J connectivity index is 2.38. The zero-order chi connectivity index (χ0) is 11.9. The van der Waals surface area contributed by atoms with Crippen molar-refractivity contribution in [3.05, 3.63) is 17.5 Å². The second-order valence-electron chi connectivity index (χ2n) is 4.04. The number of rotatable bonds is 2. The topological polar surface area (TPSA) is 95.0 Å². The summed E-state index contributed by atoms with van der Waals surface area (Å²) in [5.41, 5.74) is 6.16. The number of sulfone groups is 1. The average Bonchev–Trinajstić information content (AvgIpc) is 2.68. The van der Waals surface area contributed by atoms with Crippen LogP contribution in [0, 0.1) is 6.92 Å². The molecule has 1 amide bonds. The van der Waals surface area contributed by atoms with Crippen molar-refractivity contribution in [2.45, 2.75) is 19.4 Å². The van der Waals surface area contributed by atoms with Gasteiger partial charge in [0.2, 0.25) is 0 Å². The van der Waals surface area contributed by atoms with Gasteiger partial charge in [-0.3, -0.25) is 9.48 Å². The summed E-state index contributed by atoms with van der Waals surface area (Å²) < 4.78 is 24.1. The second-order valence-corrected chi connectivity index (χ2v) is 6.27. The summed E-state index contributed by atoms with van der Waals surface area (Å²) in [6.07, 6.45) is 0.490. The largest absolute Gasteiger partial charge is 0.364 e. The lowest BCUT2D eigenvalue weighted by Gasteiger charge is -2.10. The van der Waals surface area contributed by atoms with Gasteiger partial charge in [-0.15, -0.1) is 0 Å². The van der Waals surface area contributed by atoms with Gasteiger partial charge in [0.05, 0.1) is 23.2 Å². The van der Waals surface area contributed by atoms with E-state index in [0.29, 0.717) is 12.1 Å². The van der Waals surface area contributed by atoms with Crippen LogP contribution in [0.5, 0.6) is 0 Å². The lowest BCUT2D eigenvalue weighted by molar-refractivity contribution is 0.0988. The molecule has 1 saturated heterocycles. The van der Waals surface area contributed by atoms with Gasteiger partial charge in [0.25, 0.3) is 5.91 Å². The molecule has 0 radical (unpaired) electrons. The Hall–Kier alpha value is -1.37. The third-order valence-corrected chi connectivity index (χ3v) is 4.41. The van der Waals surface area contributed by atoms with Crippen molar-refractivity contribution < 1.29 is 13.2 Å². The first kappa shape index (κ1) is 11.1. The molecule has 0 aromatic carbocycles. The van der Waals surface area contributed by atoms with Crippen molar-refractivity contribution in [2.75, 3.05) is 11.5 Å². The minimum absolute atomic E-state index is 0.0361. The number of hydrogen-bond donors (Lipinski definition) is 1. The maximum Gasteiger partial charge on any atom is 0.266 e. The first-order valence-electron chi connectivity index (χ1n) is 4.95. The number of aromatic nitrogens is 2. The summed E-state index contributed by atoms with van der Waals surface area (Å²) in [6.45, 7) is 1.74. The summed E-state index contributed by atoms with van der Waals surface area (Å²) in [4.78, 5) is 11.2. The molecule has 0 saturated carbocycles. The summed E-state index contributed by atoms with van der Waals surface area (Å²) in [5.74, 6) is -0.395. The predicted octanol–water partition coefficient (Wildman–Crippen LogP) is -0.350. The molecule has 2 heterocycles. The monoisotopic (exact) mass is 243 g/mol. The van der Waals surface area contributed by atoms with Crippen LogP contribution in [-0.4, -0.2) is 35.6 Å². The minimum Gasteiger partial charge on any atom is -0.364 e. The fraction of sp³-hybridized carbons (Fsp3) is 0.556. The van der Waals surface area contributed by atoms with E-state index in [2.05, 4.69) is 5.10 Å². The quantitative estimate of drug-likeness (QED) is 0.768. The first-order valence-corrected chi connectivity index (χ1v) is 6.77. The average molecular weight is 243 g/mol. The Kier molecular flexibility index (Phi) is 2.49. The number of amides is 1. The maximum absolute atomic E-state index is 11.3. The number of nitrogens with two attached hydrogens (primary N) is 1. The van der Waals surface area contributed by atoms with Crippen LogP contribution in [-0.2, 0) is 9.84 Å². The molecule has 1 unspecified atom stereocenters. The zero-order valence-electron chi connectivity index (χ0n) is 8.88. The molecule has 2 rings (SSSR count). The molecule has 0 bridgehead atoms. The molecule has 1 atom stereocenters. The van der Waals surface area contributed by atoms with Crippen LogP contribution in [0.4, 0.5) is 0 Å². The highest BCUT2D eigenvalue weighted by Gasteiger charge is 2.31. The van der Waals surface area contributed by atoms with Crippen molar-refractivity contribution in [2.24, 2.45) is 5.73 Å². The van der Waals surface area contributed by atoms with E-state index in [4.69, 9.17) is 5.73 Å². The third kappa shape index (κ3) is 1.95. The van der Waals surface area contributed by atoms with Gasteiger partial charge in [0.1, 0.15) is 5.69 Å². The molecule has 1 aliphatic rings. The van der Waals surface area contributed by atoms with Gasteiger partial charge in [-0.25, -0.2) is 8.42 Å². The third-order valence-electron chi connectivity index (χ3n) is 2.66. The fourth-order valence-electron chi connectivity index (χ4n) is 1.95. The summed E-state index contributed by atoms with van der Waals surface area (Å²) >= 11 is 0. The van der Waals surface area contributed by atoms with E-state index in [1.807, 2.05) is 0 Å². The second kappa shape index (κ2) is 3.58. The van der Waals surface area contributed by atoms with Gasteiger partial charge >= 0.3 is 0 Å². The lowest BCUT2D eigenvalue weighted by Crippen LogP contribution is -2.22. The highest BCUT2D eigenvalue weighted by Crippen LogP contribution is 2.24. The molecular weight excluding hydrogens is 230 g/mol. The molecule has 88 valence electrons. The van der Waals surface area contributed by atoms with E-state index in [0.717, 1.165) is 0 Å². The van der Waals surface area contributed by atoms with Gasteiger partial charge in [0.15, 0.2) is 9.84 Å². The number of aryl methyl sites for hydroxylation is 1. The standard InChI is InChI=1S/C9H13N3O3S/c1-6-4-8(9(10)13)12(11-6)7-2-3-16(14,15)5-7/h4,7H,2-3,5H2,1H3,(H2,10,13). The molecule has 1 fully saturated rings. The molecule has 6 nitrogen and oxygen atoms in total. The van der Waals surface area contributed by atoms with Crippen molar-refractivity contribution >= 4 is 15.7 Å². The van der Waals surface area contributed by atoms with Crippen molar-refractivity contribution in [1.29, 1.82) is 0 Å². The van der Waals surface area contributed by atoms with E-state index in [1.54, 1.807) is 13.0 Å². The Morgan fingerprint density at radius 2 is 2.31 bits per heavy atom. The Morgan fingerprint density at radius 3 is 2.81 bits per heavy atom. The summed E-state index contributed by atoms with van der Waals surface area (Å²) in [5, 5.41) is 4.13. The van der Waals surface area contributed by atoms with Crippen LogP contribution < -0.4 is 5.73 Å². The van der Waals surface area contributed by atoms with Crippen molar-refractivity contribution in [3.63, 3.8) is 0 Å². The van der Waals surface area contributed by atoms with E-state index in [-0.39, 0.29) is 23.2 Å². The first-order chi connectivity index (χ1) is 7.39. The molecule has 0 spiro atoms. The number of primary amides is 1. The van der Waals surface area contributed by atoms with E-state index in [9.17, 15) is 13.2 Å². The number of nitrogens with zero attached hydrogens (tertiary/aromatic N) is 2. The normalized spacial score (nSPS) is 23.4. The molecular formula is C9H13N3O3S. The molecule has 1 aromatic heterocycles. The van der Waals surface area contributed by atoms with Crippen molar-refractivity contribution in [3.8, 4) is 0 Å². The molecule has 2 N–H and O–H groups in total. The lowest BCUT2D eigenvalue weighted by atomic mass is 10.2. The zero-order valence-corrected chi connectivity index (χ0v) is 9.70. The highest BCUT2D eigenvalue weighted by molar-refractivity contribution is 7.91. The molecule has 1 aliphatic heterocycles. The van der Waals surface area contributed by atoms with Crippen LogP contribution in [0.25, 0.3) is 0 Å². The van der Waals surface area contributed by atoms with Crippen molar-refractivity contribution in [1.82, 2.24) is 9.78 Å². The van der Waals surface area contributed by atoms with Crippen LogP contribution in [0.15, 0.2) is 6.07 Å². The van der Waals surface area contributed by atoms with E-state index >= 15 is 0 Å². The van der Waals surface area contributed by atoms with Crippen LogP contribution >= 0.6 is 0 Å². The number of hydrogen-bond acceptors (Lipinski definition) is 4. The summed E-state index contributed by atoms with van der Waals surface area (Å²) in [6, 6.07) is 1.31. The van der Waals surface area contributed by atoms with Gasteiger partial charge in [-0.1, -0.05) is 0 Å². The van der Waals surface area contributed by atoms with E-state index in [1.165, 1.54) is 4.68 Å². The Morgan fingerprint density at radius 1 is 1.62 bits per heavy atom. The van der Waals surface area contributed by atoms with Crippen LogP contribution in [0.3, 0.4) is 0 Å². The number of carbonyl (C=O) groups excluding carboxylic acids is 1. The molecule has 0 aliphatic carbocycles. The fourth-order valence-corrected chi connectivity index (χ4v) is 3.64.